The van der Waals surface area contributed by atoms with Gasteiger partial charge in [0.2, 0.25) is 0 Å². The Kier molecular flexibility index (Phi) is 4.46. The molecule has 2 heteroatoms. The third-order valence-electron chi connectivity index (χ3n) is 10.4. The fraction of sp³-hybridized carbons (Fsp3) is 0.0233. The molecular formula is C43H25NS. The van der Waals surface area contributed by atoms with E-state index in [1.165, 1.54) is 92.2 Å². The molecule has 2 aromatic heterocycles. The first-order valence-corrected chi connectivity index (χ1v) is 16.4. The van der Waals surface area contributed by atoms with Crippen LogP contribution in [0.15, 0.2) is 152 Å². The van der Waals surface area contributed by atoms with E-state index in [2.05, 4.69) is 156 Å². The molecule has 1 aliphatic heterocycles. The summed E-state index contributed by atoms with van der Waals surface area (Å²) in [4.78, 5) is 0. The van der Waals surface area contributed by atoms with Crippen LogP contribution in [0.1, 0.15) is 22.3 Å². The van der Waals surface area contributed by atoms with Gasteiger partial charge in [0.05, 0.1) is 22.1 Å². The normalized spacial score (nSPS) is 14.0. The molecular weight excluding hydrogens is 563 g/mol. The smallest absolute Gasteiger partial charge is 0.0754 e. The van der Waals surface area contributed by atoms with Gasteiger partial charge < -0.3 is 4.57 Å². The highest BCUT2D eigenvalue weighted by atomic mass is 32.1. The minimum Gasteiger partial charge on any atom is -0.309 e. The molecule has 1 spiro atoms. The van der Waals surface area contributed by atoms with E-state index in [9.17, 15) is 0 Å². The van der Waals surface area contributed by atoms with Crippen LogP contribution >= 0.6 is 11.3 Å². The Morgan fingerprint density at radius 1 is 0.444 bits per heavy atom. The highest BCUT2D eigenvalue weighted by Gasteiger charge is 2.50. The van der Waals surface area contributed by atoms with Gasteiger partial charge in [-0.3, -0.25) is 0 Å². The zero-order chi connectivity index (χ0) is 29.3. The topological polar surface area (TPSA) is 4.93 Å². The summed E-state index contributed by atoms with van der Waals surface area (Å²) in [5.41, 5.74) is 14.1. The van der Waals surface area contributed by atoms with Gasteiger partial charge in [0.1, 0.15) is 0 Å². The molecule has 0 saturated carbocycles. The van der Waals surface area contributed by atoms with E-state index in [-0.39, 0.29) is 0 Å². The van der Waals surface area contributed by atoms with Crippen molar-refractivity contribution in [2.24, 2.45) is 0 Å². The lowest BCUT2D eigenvalue weighted by Crippen LogP contribution is -2.33. The SMILES string of the molecule is c1ccc2c(c1)-c1ccccc1C21c2cc(-c3cccc4c3sc3ccccc34)ccc2-n2c3ccccc3c3cccc1c32. The molecule has 1 aliphatic carbocycles. The van der Waals surface area contributed by atoms with E-state index in [4.69, 9.17) is 0 Å². The van der Waals surface area contributed by atoms with Crippen molar-refractivity contribution in [1.82, 2.24) is 4.57 Å². The minimum atomic E-state index is -0.434. The van der Waals surface area contributed by atoms with Crippen LogP contribution in [0, 0.1) is 0 Å². The zero-order valence-electron chi connectivity index (χ0n) is 24.3. The molecule has 0 bridgehead atoms. The van der Waals surface area contributed by atoms with Crippen molar-refractivity contribution >= 4 is 53.3 Å². The van der Waals surface area contributed by atoms with Gasteiger partial charge in [0.15, 0.2) is 0 Å². The van der Waals surface area contributed by atoms with Crippen LogP contribution in [0.4, 0.5) is 0 Å². The Balaban J connectivity index is 1.33. The van der Waals surface area contributed by atoms with Crippen molar-refractivity contribution in [3.8, 4) is 27.9 Å². The summed E-state index contributed by atoms with van der Waals surface area (Å²) in [5.74, 6) is 0. The summed E-state index contributed by atoms with van der Waals surface area (Å²) in [6.07, 6.45) is 0. The molecule has 0 fully saturated rings. The molecule has 9 aromatic rings. The summed E-state index contributed by atoms with van der Waals surface area (Å²) in [6.45, 7) is 0. The average molecular weight is 588 g/mol. The number of fused-ring (bicyclic) bond motifs is 15. The second kappa shape index (κ2) is 8.38. The van der Waals surface area contributed by atoms with E-state index >= 15 is 0 Å². The number of benzene rings is 7. The molecule has 0 amide bonds. The van der Waals surface area contributed by atoms with Crippen LogP contribution in [0.3, 0.4) is 0 Å². The molecule has 3 heterocycles. The molecule has 0 N–H and O–H groups in total. The van der Waals surface area contributed by atoms with Gasteiger partial charge >= 0.3 is 0 Å². The fourth-order valence-electron chi connectivity index (χ4n) is 8.71. The summed E-state index contributed by atoms with van der Waals surface area (Å²) < 4.78 is 5.22. The quantitative estimate of drug-likeness (QED) is 0.180. The lowest BCUT2D eigenvalue weighted by molar-refractivity contribution is 0.749. The Morgan fingerprint density at radius 3 is 1.91 bits per heavy atom. The van der Waals surface area contributed by atoms with Crippen molar-refractivity contribution in [2.45, 2.75) is 5.41 Å². The molecule has 1 nitrogen and oxygen atoms in total. The van der Waals surface area contributed by atoms with Gasteiger partial charge in [-0.2, -0.15) is 0 Å². The van der Waals surface area contributed by atoms with Crippen LogP contribution < -0.4 is 0 Å². The third-order valence-corrected chi connectivity index (χ3v) is 11.6. The summed E-state index contributed by atoms with van der Waals surface area (Å²) in [7, 11) is 0. The lowest BCUT2D eigenvalue weighted by Gasteiger charge is -2.40. The van der Waals surface area contributed by atoms with E-state index in [0.29, 0.717) is 0 Å². The monoisotopic (exact) mass is 587 g/mol. The standard InChI is InChI=1S/C43H25NS/c1-5-18-34-28(11-1)29-12-2-6-19-35(29)43(34)36-20-10-16-32-30-13-3-7-21-38(30)44(41(32)36)39-24-23-26(25-37(39)43)27-15-9-17-33-31-14-4-8-22-40(31)45-42(27)33/h1-25H. The van der Waals surface area contributed by atoms with Crippen molar-refractivity contribution in [1.29, 1.82) is 0 Å². The Morgan fingerprint density at radius 2 is 1.07 bits per heavy atom. The van der Waals surface area contributed by atoms with Gasteiger partial charge in [-0.25, -0.2) is 0 Å². The minimum absolute atomic E-state index is 0.434. The average Bonchev–Trinajstić information content (AvgIpc) is 3.75. The largest absolute Gasteiger partial charge is 0.309 e. The first-order chi connectivity index (χ1) is 22.3. The van der Waals surface area contributed by atoms with Gasteiger partial charge in [-0.1, -0.05) is 127 Å². The Hall–Kier alpha value is -5.44. The first-order valence-electron chi connectivity index (χ1n) is 15.6. The number of thiophene rings is 1. The molecule has 0 unspecified atom stereocenters. The summed E-state index contributed by atoms with van der Waals surface area (Å²) in [6, 6.07) is 56.9. The summed E-state index contributed by atoms with van der Waals surface area (Å²) >= 11 is 1.90. The molecule has 11 rings (SSSR count). The van der Waals surface area contributed by atoms with E-state index in [0.717, 1.165) is 0 Å². The van der Waals surface area contributed by atoms with Crippen molar-refractivity contribution in [2.75, 3.05) is 0 Å². The Bertz CT molecular complexity index is 2670. The second-order valence-electron chi connectivity index (χ2n) is 12.4. The van der Waals surface area contributed by atoms with Gasteiger partial charge in [-0.15, -0.1) is 11.3 Å². The van der Waals surface area contributed by atoms with Crippen LogP contribution in [0.5, 0.6) is 0 Å². The zero-order valence-corrected chi connectivity index (χ0v) is 25.1. The van der Waals surface area contributed by atoms with Crippen LogP contribution in [0.2, 0.25) is 0 Å². The van der Waals surface area contributed by atoms with E-state index in [1.54, 1.807) is 0 Å². The van der Waals surface area contributed by atoms with Crippen LogP contribution in [-0.4, -0.2) is 4.57 Å². The molecule has 0 radical (unpaired) electrons. The van der Waals surface area contributed by atoms with Crippen LogP contribution in [-0.2, 0) is 5.41 Å². The number of nitrogens with zero attached hydrogens (tertiary/aromatic N) is 1. The molecule has 0 atom stereocenters. The lowest BCUT2D eigenvalue weighted by atomic mass is 9.65. The molecule has 0 saturated heterocycles. The number of hydrogen-bond donors (Lipinski definition) is 0. The van der Waals surface area contributed by atoms with Gasteiger partial charge in [0.25, 0.3) is 0 Å². The third kappa shape index (κ3) is 2.80. The number of para-hydroxylation sites is 2. The maximum Gasteiger partial charge on any atom is 0.0754 e. The highest BCUT2D eigenvalue weighted by Crippen LogP contribution is 2.61. The summed E-state index contributed by atoms with van der Waals surface area (Å²) in [5, 5.41) is 5.29. The second-order valence-corrected chi connectivity index (χ2v) is 13.5. The predicted molar refractivity (Wildman–Crippen MR) is 190 cm³/mol. The van der Waals surface area contributed by atoms with Crippen LogP contribution in [0.25, 0.3) is 69.9 Å². The molecule has 208 valence electrons. The maximum atomic E-state index is 2.54. The number of aromatic nitrogens is 1. The maximum absolute atomic E-state index is 2.54. The Labute approximate surface area is 264 Å². The van der Waals surface area contributed by atoms with Crippen molar-refractivity contribution in [3.63, 3.8) is 0 Å². The van der Waals surface area contributed by atoms with E-state index < -0.39 is 5.41 Å². The number of rotatable bonds is 1. The number of hydrogen-bond acceptors (Lipinski definition) is 1. The first kappa shape index (κ1) is 23.9. The van der Waals surface area contributed by atoms with Crippen molar-refractivity contribution in [3.05, 3.63) is 174 Å². The molecule has 45 heavy (non-hydrogen) atoms. The fourth-order valence-corrected chi connectivity index (χ4v) is 9.94. The van der Waals surface area contributed by atoms with Gasteiger partial charge in [0, 0.05) is 30.9 Å². The van der Waals surface area contributed by atoms with Crippen molar-refractivity contribution < 1.29 is 0 Å². The van der Waals surface area contributed by atoms with Gasteiger partial charge in [-0.05, 0) is 68.8 Å². The van der Waals surface area contributed by atoms with E-state index in [1.807, 2.05) is 11.3 Å². The molecule has 7 aromatic carbocycles. The highest BCUT2D eigenvalue weighted by molar-refractivity contribution is 7.26. The predicted octanol–water partition coefficient (Wildman–Crippen LogP) is 11.5. The molecule has 2 aliphatic rings.